The highest BCUT2D eigenvalue weighted by Crippen LogP contribution is 2.27. The van der Waals surface area contributed by atoms with Crippen LogP contribution < -0.4 is 5.11 Å². The van der Waals surface area contributed by atoms with Gasteiger partial charge in [-0.25, -0.2) is 4.79 Å². The molecule has 0 spiro atoms. The van der Waals surface area contributed by atoms with Crippen LogP contribution in [0.15, 0.2) is 40.5 Å². The Labute approximate surface area is 158 Å². The van der Waals surface area contributed by atoms with E-state index in [1.54, 1.807) is 13.1 Å². The molecule has 2 rings (SSSR count). The number of nitriles is 1. The molecule has 0 aliphatic heterocycles. The number of hydrogen-bond acceptors (Lipinski definition) is 6. The predicted molar refractivity (Wildman–Crippen MR) is 95.2 cm³/mol. The maximum atomic E-state index is 11.9. The van der Waals surface area contributed by atoms with E-state index in [4.69, 9.17) is 4.74 Å². The summed E-state index contributed by atoms with van der Waals surface area (Å²) in [4.78, 5) is 22.6. The van der Waals surface area contributed by atoms with Gasteiger partial charge in [0, 0.05) is 40.7 Å². The second-order valence-electron chi connectivity index (χ2n) is 5.22. The third-order valence-corrected chi connectivity index (χ3v) is 3.84. The fourth-order valence-electron chi connectivity index (χ4n) is 2.22. The third kappa shape index (κ3) is 5.04. The van der Waals surface area contributed by atoms with Gasteiger partial charge < -0.3 is 14.6 Å². The summed E-state index contributed by atoms with van der Waals surface area (Å²) in [5, 5.41) is 24.3. The number of nitrogens with zero attached hydrogens (tertiary/aromatic N) is 3. The number of aliphatic carboxylic acids is 1. The van der Waals surface area contributed by atoms with E-state index in [9.17, 15) is 20.0 Å². The van der Waals surface area contributed by atoms with Crippen molar-refractivity contribution < 1.29 is 19.4 Å². The van der Waals surface area contributed by atoms with Gasteiger partial charge in [-0.05, 0) is 25.1 Å². The van der Waals surface area contributed by atoms with Crippen LogP contribution in [-0.2, 0) is 20.9 Å². The quantitative estimate of drug-likeness (QED) is 0.387. The second-order valence-corrected chi connectivity index (χ2v) is 6.13. The van der Waals surface area contributed by atoms with Crippen molar-refractivity contribution in [3.05, 3.63) is 46.1 Å². The first-order chi connectivity index (χ1) is 12.4. The monoisotopic (exact) mass is 416 g/mol. The summed E-state index contributed by atoms with van der Waals surface area (Å²) in [6.45, 7) is 1.91. The van der Waals surface area contributed by atoms with Crippen molar-refractivity contribution in [2.75, 3.05) is 6.61 Å². The van der Waals surface area contributed by atoms with Gasteiger partial charge in [-0.3, -0.25) is 4.68 Å². The number of ether oxygens (including phenoxy) is 1. The highest BCUT2D eigenvalue weighted by molar-refractivity contribution is 9.10. The molecule has 0 radical (unpaired) electrons. The molecule has 26 heavy (non-hydrogen) atoms. The summed E-state index contributed by atoms with van der Waals surface area (Å²) in [7, 11) is 0. The molecule has 134 valence electrons. The van der Waals surface area contributed by atoms with Crippen LogP contribution in [0.4, 0.5) is 0 Å². The maximum Gasteiger partial charge on any atom is 0.348 e. The second kappa shape index (κ2) is 8.97. The van der Waals surface area contributed by atoms with Crippen LogP contribution in [0.2, 0.25) is 0 Å². The molecule has 0 aliphatic carbocycles. The standard InChI is InChI=1S/C18H16BrN3O4/c1-2-26-18(25)13(10-20)8-14-11-22(7-6-16(23)24)21-17(14)12-4-3-5-15(19)9-12/h3-5,8-9,11H,2,6-7H2,1H3,(H,23,24)/p-1/b13-8+. The lowest BCUT2D eigenvalue weighted by atomic mass is 10.1. The Hall–Kier alpha value is -2.92. The lowest BCUT2D eigenvalue weighted by molar-refractivity contribution is -0.306. The van der Waals surface area contributed by atoms with E-state index in [2.05, 4.69) is 21.0 Å². The molecule has 0 N–H and O–H groups in total. The van der Waals surface area contributed by atoms with Gasteiger partial charge in [0.15, 0.2) is 0 Å². The molecule has 7 nitrogen and oxygen atoms in total. The molecule has 0 atom stereocenters. The van der Waals surface area contributed by atoms with E-state index in [0.29, 0.717) is 11.3 Å². The molecule has 0 saturated heterocycles. The average molecular weight is 417 g/mol. The van der Waals surface area contributed by atoms with Crippen molar-refractivity contribution in [3.8, 4) is 17.3 Å². The van der Waals surface area contributed by atoms with Crippen LogP contribution >= 0.6 is 15.9 Å². The number of hydrogen-bond donors (Lipinski definition) is 0. The summed E-state index contributed by atoms with van der Waals surface area (Å²) < 4.78 is 7.14. The van der Waals surface area contributed by atoms with Crippen molar-refractivity contribution >= 4 is 33.9 Å². The number of benzene rings is 1. The van der Waals surface area contributed by atoms with Crippen LogP contribution in [-0.4, -0.2) is 28.3 Å². The fraction of sp³-hybridized carbons (Fsp3) is 0.222. The molecule has 8 heteroatoms. The first kappa shape index (κ1) is 19.4. The lowest BCUT2D eigenvalue weighted by Gasteiger charge is -2.02. The van der Waals surface area contributed by atoms with Crippen molar-refractivity contribution in [2.45, 2.75) is 19.9 Å². The number of aryl methyl sites for hydroxylation is 1. The van der Waals surface area contributed by atoms with Crippen molar-refractivity contribution in [1.29, 1.82) is 5.26 Å². The topological polar surface area (TPSA) is 108 Å². The highest BCUT2D eigenvalue weighted by Gasteiger charge is 2.15. The Morgan fingerprint density at radius 3 is 2.85 bits per heavy atom. The SMILES string of the molecule is CCOC(=O)/C(C#N)=C/c1cn(CCC(=O)[O-])nc1-c1cccc(Br)c1. The number of carbonyl (C=O) groups excluding carboxylic acids is 2. The van der Waals surface area contributed by atoms with Gasteiger partial charge in [0.25, 0.3) is 0 Å². The Kier molecular flexibility index (Phi) is 6.69. The van der Waals surface area contributed by atoms with Crippen LogP contribution in [0, 0.1) is 11.3 Å². The van der Waals surface area contributed by atoms with Crippen molar-refractivity contribution in [2.24, 2.45) is 0 Å². The maximum absolute atomic E-state index is 11.9. The van der Waals surface area contributed by atoms with Crippen LogP contribution in [0.5, 0.6) is 0 Å². The number of carboxylic acids is 1. The number of halogens is 1. The van der Waals surface area contributed by atoms with Crippen molar-refractivity contribution in [1.82, 2.24) is 9.78 Å². The van der Waals surface area contributed by atoms with E-state index < -0.39 is 11.9 Å². The summed E-state index contributed by atoms with van der Waals surface area (Å²) >= 11 is 3.39. The van der Waals surface area contributed by atoms with Crippen LogP contribution in [0.1, 0.15) is 18.9 Å². The molecule has 0 bridgehead atoms. The number of carbonyl (C=O) groups is 2. The molecule has 1 heterocycles. The molecular formula is C18H15BrN3O4-. The molecule has 0 aliphatic rings. The number of esters is 1. The zero-order valence-electron chi connectivity index (χ0n) is 13.9. The zero-order valence-corrected chi connectivity index (χ0v) is 15.5. The molecule has 0 saturated carbocycles. The van der Waals surface area contributed by atoms with Gasteiger partial charge in [-0.2, -0.15) is 10.4 Å². The number of carboxylic acid groups (broad SMARTS) is 1. The van der Waals surface area contributed by atoms with Gasteiger partial charge in [-0.1, -0.05) is 28.1 Å². The van der Waals surface area contributed by atoms with Crippen LogP contribution in [0.25, 0.3) is 17.3 Å². The first-order valence-corrected chi connectivity index (χ1v) is 8.56. The van der Waals surface area contributed by atoms with E-state index in [1.165, 1.54) is 10.8 Å². The van der Waals surface area contributed by atoms with Gasteiger partial charge in [0.05, 0.1) is 12.3 Å². The Morgan fingerprint density at radius 2 is 2.23 bits per heavy atom. The lowest BCUT2D eigenvalue weighted by Crippen LogP contribution is -2.23. The third-order valence-electron chi connectivity index (χ3n) is 3.35. The average Bonchev–Trinajstić information content (AvgIpc) is 3.01. The van der Waals surface area contributed by atoms with Crippen LogP contribution in [0.3, 0.4) is 0 Å². The molecular weight excluding hydrogens is 402 g/mol. The largest absolute Gasteiger partial charge is 0.550 e. The minimum atomic E-state index is -1.19. The highest BCUT2D eigenvalue weighted by atomic mass is 79.9. The number of aromatic nitrogens is 2. The predicted octanol–water partition coefficient (Wildman–Crippen LogP) is 1.92. The van der Waals surface area contributed by atoms with E-state index in [1.807, 2.05) is 30.3 Å². The Bertz CT molecular complexity index is 896. The molecule has 0 amide bonds. The van der Waals surface area contributed by atoms with Gasteiger partial charge in [0.1, 0.15) is 11.6 Å². The Balaban J connectivity index is 2.50. The van der Waals surface area contributed by atoms with Gasteiger partial charge in [0.2, 0.25) is 0 Å². The first-order valence-electron chi connectivity index (χ1n) is 7.76. The van der Waals surface area contributed by atoms with E-state index >= 15 is 0 Å². The summed E-state index contributed by atoms with van der Waals surface area (Å²) in [5.74, 6) is -1.91. The molecule has 0 fully saturated rings. The zero-order chi connectivity index (χ0) is 19.1. The molecule has 0 unspecified atom stereocenters. The van der Waals surface area contributed by atoms with Gasteiger partial charge in [-0.15, -0.1) is 0 Å². The van der Waals surface area contributed by atoms with E-state index in [-0.39, 0.29) is 25.1 Å². The van der Waals surface area contributed by atoms with Gasteiger partial charge >= 0.3 is 5.97 Å². The molecule has 2 aromatic rings. The minimum absolute atomic E-state index is 0.110. The minimum Gasteiger partial charge on any atom is -0.550 e. The molecule has 1 aromatic heterocycles. The van der Waals surface area contributed by atoms with E-state index in [0.717, 1.165) is 10.0 Å². The molecule has 1 aromatic carbocycles. The summed E-state index contributed by atoms with van der Waals surface area (Å²) in [6, 6.07) is 9.15. The smallest absolute Gasteiger partial charge is 0.348 e. The summed E-state index contributed by atoms with van der Waals surface area (Å²) in [6.07, 6.45) is 2.76. The fourth-order valence-corrected chi connectivity index (χ4v) is 2.62. The Morgan fingerprint density at radius 1 is 1.46 bits per heavy atom. The number of rotatable bonds is 7. The van der Waals surface area contributed by atoms with Crippen molar-refractivity contribution in [3.63, 3.8) is 0 Å². The normalized spacial score (nSPS) is 11.0. The summed E-state index contributed by atoms with van der Waals surface area (Å²) in [5.41, 5.74) is 1.61.